The number of hydrogen-bond acceptors (Lipinski definition) is 6. The Morgan fingerprint density at radius 3 is 2.57 bits per heavy atom. The lowest BCUT2D eigenvalue weighted by Gasteiger charge is -2.26. The first-order valence-corrected chi connectivity index (χ1v) is 8.27. The molecule has 0 unspecified atom stereocenters. The molecule has 120 valence electrons. The summed E-state index contributed by atoms with van der Waals surface area (Å²) in [7, 11) is -3.91. The highest BCUT2D eigenvalue weighted by Gasteiger charge is 2.29. The van der Waals surface area contributed by atoms with Gasteiger partial charge in [0.05, 0.1) is 12.8 Å². The fourth-order valence-corrected chi connectivity index (χ4v) is 2.86. The molecule has 0 saturated carbocycles. The van der Waals surface area contributed by atoms with Crippen molar-refractivity contribution in [2.75, 3.05) is 13.2 Å². The van der Waals surface area contributed by atoms with E-state index in [-0.39, 0.29) is 23.7 Å². The van der Waals surface area contributed by atoms with Crippen LogP contribution in [0.3, 0.4) is 0 Å². The van der Waals surface area contributed by atoms with E-state index >= 15 is 0 Å². The molecular formula is C12H22N4O4S. The third-order valence-electron chi connectivity index (χ3n) is 3.39. The second-order valence-electron chi connectivity index (χ2n) is 4.73. The Bertz CT molecular complexity index is 578. The molecule has 1 heterocycles. The van der Waals surface area contributed by atoms with E-state index in [9.17, 15) is 13.2 Å². The minimum atomic E-state index is -3.91. The Balaban J connectivity index is 2.94. The quantitative estimate of drug-likeness (QED) is 0.595. The number of aromatic amines is 1. The fraction of sp³-hybridized carbons (Fsp3) is 0.667. The molecule has 4 N–H and O–H groups in total. The highest BCUT2D eigenvalue weighted by atomic mass is 32.2. The molecule has 0 aliphatic heterocycles. The molecule has 0 aliphatic rings. The van der Waals surface area contributed by atoms with E-state index < -0.39 is 21.5 Å². The summed E-state index contributed by atoms with van der Waals surface area (Å²) in [6.07, 6.45) is 2.38. The number of hydrogen-bond donors (Lipinski definition) is 3. The molecule has 0 amide bonds. The van der Waals surface area contributed by atoms with E-state index in [1.165, 1.54) is 0 Å². The average Bonchev–Trinajstić information content (AvgIpc) is 2.95. The van der Waals surface area contributed by atoms with Crippen molar-refractivity contribution in [1.29, 1.82) is 0 Å². The van der Waals surface area contributed by atoms with Crippen LogP contribution in [0.25, 0.3) is 0 Å². The van der Waals surface area contributed by atoms with E-state index in [1.807, 2.05) is 13.8 Å². The van der Waals surface area contributed by atoms with Crippen molar-refractivity contribution >= 4 is 16.0 Å². The first kappa shape index (κ1) is 17.6. The van der Waals surface area contributed by atoms with Crippen molar-refractivity contribution in [2.45, 2.75) is 44.2 Å². The second kappa shape index (κ2) is 7.01. The number of carbonyl (C=O) groups is 1. The normalized spacial score (nSPS) is 12.4. The second-order valence-corrected chi connectivity index (χ2v) is 6.43. The molecule has 0 aliphatic carbocycles. The molecular weight excluding hydrogens is 296 g/mol. The van der Waals surface area contributed by atoms with Crippen molar-refractivity contribution in [2.24, 2.45) is 5.73 Å². The molecule has 0 spiro atoms. The van der Waals surface area contributed by atoms with E-state index in [1.54, 1.807) is 6.92 Å². The topological polar surface area (TPSA) is 127 Å². The number of H-pyrrole nitrogens is 1. The Morgan fingerprint density at radius 2 is 2.05 bits per heavy atom. The van der Waals surface area contributed by atoms with Crippen LogP contribution < -0.4 is 10.5 Å². The van der Waals surface area contributed by atoms with Crippen LogP contribution in [0, 0.1) is 0 Å². The van der Waals surface area contributed by atoms with Gasteiger partial charge in [-0.2, -0.15) is 5.10 Å². The molecule has 21 heavy (non-hydrogen) atoms. The molecule has 1 aromatic heterocycles. The Labute approximate surface area is 124 Å². The van der Waals surface area contributed by atoms with E-state index in [0.717, 1.165) is 6.20 Å². The van der Waals surface area contributed by atoms with Gasteiger partial charge in [-0.15, -0.1) is 0 Å². The summed E-state index contributed by atoms with van der Waals surface area (Å²) < 4.78 is 31.7. The molecule has 8 nitrogen and oxygen atoms in total. The third kappa shape index (κ3) is 4.26. The molecule has 0 bridgehead atoms. The van der Waals surface area contributed by atoms with Gasteiger partial charge in [0, 0.05) is 12.1 Å². The number of nitrogens with zero attached hydrogens (tertiary/aromatic N) is 1. The minimum absolute atomic E-state index is 0.0730. The maximum atomic E-state index is 12.3. The van der Waals surface area contributed by atoms with Crippen LogP contribution in [-0.4, -0.2) is 43.3 Å². The van der Waals surface area contributed by atoms with E-state index in [2.05, 4.69) is 14.9 Å². The van der Waals surface area contributed by atoms with E-state index in [4.69, 9.17) is 10.5 Å². The summed E-state index contributed by atoms with van der Waals surface area (Å²) in [6.45, 7) is 5.63. The van der Waals surface area contributed by atoms with Crippen molar-refractivity contribution in [3.63, 3.8) is 0 Å². The van der Waals surface area contributed by atoms with E-state index in [0.29, 0.717) is 12.8 Å². The van der Waals surface area contributed by atoms with Gasteiger partial charge in [0.1, 0.15) is 5.56 Å². The number of sulfonamides is 1. The SMILES string of the molecule is CCOC(=O)c1cn[nH]c1S(=O)(=O)NCC(N)(CC)CC. The maximum Gasteiger partial charge on any atom is 0.342 e. The van der Waals surface area contributed by atoms with Crippen LogP contribution in [-0.2, 0) is 14.8 Å². The average molecular weight is 318 g/mol. The van der Waals surface area contributed by atoms with Gasteiger partial charge in [-0.3, -0.25) is 5.10 Å². The summed E-state index contributed by atoms with van der Waals surface area (Å²) in [5.74, 6) is -0.739. The van der Waals surface area contributed by atoms with Crippen molar-refractivity contribution in [3.05, 3.63) is 11.8 Å². The Hall–Kier alpha value is -1.45. The van der Waals surface area contributed by atoms with Crippen LogP contribution in [0.4, 0.5) is 0 Å². The summed E-state index contributed by atoms with van der Waals surface area (Å²) >= 11 is 0. The number of aromatic nitrogens is 2. The Kier molecular flexibility index (Phi) is 5.87. The molecule has 0 saturated heterocycles. The summed E-state index contributed by atoms with van der Waals surface area (Å²) in [5.41, 5.74) is 5.31. The fourth-order valence-electron chi connectivity index (χ4n) is 1.64. The van der Waals surface area contributed by atoms with Crippen molar-refractivity contribution < 1.29 is 17.9 Å². The van der Waals surface area contributed by atoms with Gasteiger partial charge < -0.3 is 10.5 Å². The Morgan fingerprint density at radius 1 is 1.43 bits per heavy atom. The zero-order chi connectivity index (χ0) is 16.1. The zero-order valence-electron chi connectivity index (χ0n) is 12.5. The standard InChI is InChI=1S/C12H22N4O4S/c1-4-12(13,5-2)8-15-21(18,19)10-9(7-14-16-10)11(17)20-6-3/h7,15H,4-6,8,13H2,1-3H3,(H,14,16). The molecule has 9 heteroatoms. The smallest absolute Gasteiger partial charge is 0.342 e. The summed E-state index contributed by atoms with van der Waals surface area (Å²) in [6, 6.07) is 0. The highest BCUT2D eigenvalue weighted by molar-refractivity contribution is 7.89. The predicted molar refractivity (Wildman–Crippen MR) is 77.2 cm³/mol. The predicted octanol–water partition coefficient (Wildman–Crippen LogP) is 0.382. The maximum absolute atomic E-state index is 12.3. The first-order valence-electron chi connectivity index (χ1n) is 6.78. The molecule has 0 fully saturated rings. The van der Waals surface area contributed by atoms with Gasteiger partial charge in [-0.1, -0.05) is 13.8 Å². The molecule has 0 aromatic carbocycles. The monoisotopic (exact) mass is 318 g/mol. The highest BCUT2D eigenvalue weighted by Crippen LogP contribution is 2.15. The van der Waals surface area contributed by atoms with Gasteiger partial charge in [0.2, 0.25) is 0 Å². The lowest BCUT2D eigenvalue weighted by atomic mass is 9.95. The van der Waals surface area contributed by atoms with Gasteiger partial charge in [0.25, 0.3) is 10.0 Å². The summed E-state index contributed by atoms with van der Waals surface area (Å²) in [4.78, 5) is 11.7. The van der Waals surface area contributed by atoms with Gasteiger partial charge in [-0.25, -0.2) is 17.9 Å². The number of nitrogens with two attached hydrogens (primary N) is 1. The van der Waals surface area contributed by atoms with Crippen LogP contribution in [0.5, 0.6) is 0 Å². The first-order chi connectivity index (χ1) is 9.79. The van der Waals surface area contributed by atoms with Crippen LogP contribution >= 0.6 is 0 Å². The number of ether oxygens (including phenoxy) is 1. The number of carbonyl (C=O) groups excluding carboxylic acids is 1. The van der Waals surface area contributed by atoms with Gasteiger partial charge in [-0.05, 0) is 19.8 Å². The lowest BCUT2D eigenvalue weighted by Crippen LogP contribution is -2.49. The molecule has 0 radical (unpaired) electrons. The lowest BCUT2D eigenvalue weighted by molar-refractivity contribution is 0.0522. The molecule has 1 rings (SSSR count). The third-order valence-corrected chi connectivity index (χ3v) is 4.76. The largest absolute Gasteiger partial charge is 0.462 e. The molecule has 1 aromatic rings. The van der Waals surface area contributed by atoms with Gasteiger partial charge >= 0.3 is 5.97 Å². The molecule has 0 atom stereocenters. The van der Waals surface area contributed by atoms with Crippen LogP contribution in [0.15, 0.2) is 11.2 Å². The minimum Gasteiger partial charge on any atom is -0.462 e. The van der Waals surface area contributed by atoms with Crippen LogP contribution in [0.1, 0.15) is 44.0 Å². The van der Waals surface area contributed by atoms with Crippen molar-refractivity contribution in [3.8, 4) is 0 Å². The van der Waals surface area contributed by atoms with Crippen molar-refractivity contribution in [1.82, 2.24) is 14.9 Å². The number of nitrogens with one attached hydrogen (secondary N) is 2. The number of rotatable bonds is 8. The number of esters is 1. The summed E-state index contributed by atoms with van der Waals surface area (Å²) in [5, 5.41) is 5.61. The van der Waals surface area contributed by atoms with Crippen LogP contribution in [0.2, 0.25) is 0 Å². The zero-order valence-corrected chi connectivity index (χ0v) is 13.3. The van der Waals surface area contributed by atoms with Gasteiger partial charge in [0.15, 0.2) is 5.03 Å².